The van der Waals surface area contributed by atoms with Crippen molar-refractivity contribution in [2.45, 2.75) is 24.3 Å². The van der Waals surface area contributed by atoms with Crippen LogP contribution in [0.15, 0.2) is 73.1 Å². The molecule has 31 heavy (non-hydrogen) atoms. The van der Waals surface area contributed by atoms with Gasteiger partial charge in [-0.25, -0.2) is 9.97 Å². The third kappa shape index (κ3) is 5.98. The largest absolute Gasteiger partial charge is 0.341 e. The smallest absolute Gasteiger partial charge is 0.227 e. The van der Waals surface area contributed by atoms with E-state index in [9.17, 15) is 9.00 Å². The minimum absolute atomic E-state index is 0.0316. The summed E-state index contributed by atoms with van der Waals surface area (Å²) in [5.74, 6) is 1.72. The minimum Gasteiger partial charge on any atom is -0.341 e. The van der Waals surface area contributed by atoms with E-state index in [0.29, 0.717) is 11.5 Å². The molecular formula is C24H26N4O2S. The second-order valence-corrected chi connectivity index (χ2v) is 9.17. The van der Waals surface area contributed by atoms with Crippen LogP contribution in [-0.4, -0.2) is 33.2 Å². The Labute approximate surface area is 185 Å². The maximum atomic E-state index is 12.8. The van der Waals surface area contributed by atoms with Gasteiger partial charge < -0.3 is 10.2 Å². The highest BCUT2D eigenvalue weighted by atomic mass is 32.2. The van der Waals surface area contributed by atoms with Crippen molar-refractivity contribution < 1.29 is 9.00 Å². The van der Waals surface area contributed by atoms with Crippen molar-refractivity contribution in [1.29, 1.82) is 0 Å². The topological polar surface area (TPSA) is 75.2 Å². The second-order valence-electron chi connectivity index (χ2n) is 7.71. The lowest BCUT2D eigenvalue weighted by molar-refractivity contribution is -0.120. The number of benzene rings is 2. The number of rotatable bonds is 7. The maximum absolute atomic E-state index is 12.8. The Balaban J connectivity index is 1.29. The van der Waals surface area contributed by atoms with E-state index < -0.39 is 10.8 Å². The highest BCUT2D eigenvalue weighted by molar-refractivity contribution is 7.83. The van der Waals surface area contributed by atoms with Crippen LogP contribution in [-0.2, 0) is 27.1 Å². The fourth-order valence-corrected chi connectivity index (χ4v) is 4.99. The van der Waals surface area contributed by atoms with Crippen molar-refractivity contribution in [2.75, 3.05) is 23.3 Å². The normalized spacial score (nSPS) is 15.4. The number of amides is 1. The van der Waals surface area contributed by atoms with Crippen LogP contribution < -0.4 is 10.2 Å². The van der Waals surface area contributed by atoms with Crippen LogP contribution in [0.2, 0.25) is 0 Å². The molecule has 1 aliphatic heterocycles. The van der Waals surface area contributed by atoms with Crippen molar-refractivity contribution in [3.8, 4) is 0 Å². The highest BCUT2D eigenvalue weighted by Crippen LogP contribution is 2.22. The Hall–Kier alpha value is -3.06. The standard InChI is InChI=1S/C24H26N4O2S/c29-23(21-10-14-28(15-11-21)24-25-12-5-13-26-24)27-22-9-4-8-20(16-22)18-31(30)17-19-6-2-1-3-7-19/h1-9,12-13,16,21H,10-11,14-15,17-18H2,(H,27,29). The lowest BCUT2D eigenvalue weighted by atomic mass is 9.96. The Kier molecular flexibility index (Phi) is 7.04. The molecule has 7 heteroatoms. The van der Waals surface area contributed by atoms with Gasteiger partial charge in [0.2, 0.25) is 11.9 Å². The Morgan fingerprint density at radius 3 is 2.35 bits per heavy atom. The van der Waals surface area contributed by atoms with Gasteiger partial charge in [-0.15, -0.1) is 0 Å². The Bertz CT molecular complexity index is 1020. The second kappa shape index (κ2) is 10.3. The molecule has 1 fully saturated rings. The van der Waals surface area contributed by atoms with Gasteiger partial charge >= 0.3 is 0 Å². The van der Waals surface area contributed by atoms with E-state index >= 15 is 0 Å². The van der Waals surface area contributed by atoms with E-state index in [1.807, 2.05) is 54.6 Å². The number of nitrogens with one attached hydrogen (secondary N) is 1. The number of hydrogen-bond donors (Lipinski definition) is 1. The fourth-order valence-electron chi connectivity index (χ4n) is 3.78. The van der Waals surface area contributed by atoms with Gasteiger partial charge in [-0.2, -0.15) is 0 Å². The quantitative estimate of drug-likeness (QED) is 0.613. The van der Waals surface area contributed by atoms with Gasteiger partial charge in [0.15, 0.2) is 0 Å². The summed E-state index contributed by atoms with van der Waals surface area (Å²) in [6.45, 7) is 1.53. The number of carbonyl (C=O) groups is 1. The molecule has 3 aromatic rings. The molecule has 1 atom stereocenters. The zero-order valence-electron chi connectivity index (χ0n) is 17.3. The molecule has 0 spiro atoms. The molecule has 1 N–H and O–H groups in total. The summed E-state index contributed by atoms with van der Waals surface area (Å²) in [6, 6.07) is 19.3. The summed E-state index contributed by atoms with van der Waals surface area (Å²) in [6.07, 6.45) is 5.01. The highest BCUT2D eigenvalue weighted by Gasteiger charge is 2.26. The lowest BCUT2D eigenvalue weighted by Crippen LogP contribution is -2.39. The van der Waals surface area contributed by atoms with E-state index in [0.717, 1.165) is 48.7 Å². The van der Waals surface area contributed by atoms with Gasteiger partial charge in [0.05, 0.1) is 0 Å². The van der Waals surface area contributed by atoms with Crippen molar-refractivity contribution in [1.82, 2.24) is 9.97 Å². The first-order valence-corrected chi connectivity index (χ1v) is 12.0. The summed E-state index contributed by atoms with van der Waals surface area (Å²) in [5, 5.41) is 3.04. The van der Waals surface area contributed by atoms with E-state index in [1.165, 1.54) is 0 Å². The molecule has 0 bridgehead atoms. The Morgan fingerprint density at radius 2 is 1.61 bits per heavy atom. The minimum atomic E-state index is -1.000. The third-order valence-corrected chi connectivity index (χ3v) is 6.70. The molecular weight excluding hydrogens is 408 g/mol. The van der Waals surface area contributed by atoms with Crippen LogP contribution in [0.1, 0.15) is 24.0 Å². The van der Waals surface area contributed by atoms with Crippen LogP contribution in [0, 0.1) is 5.92 Å². The zero-order valence-corrected chi connectivity index (χ0v) is 18.1. The SMILES string of the molecule is O=C(Nc1cccc(CS(=O)Cc2ccccc2)c1)C1CCN(c2ncccn2)CC1. The first-order chi connectivity index (χ1) is 15.2. The average Bonchev–Trinajstić information content (AvgIpc) is 2.80. The predicted octanol–water partition coefficient (Wildman–Crippen LogP) is 3.78. The lowest BCUT2D eigenvalue weighted by Gasteiger charge is -2.31. The molecule has 1 unspecified atom stereocenters. The van der Waals surface area contributed by atoms with E-state index in [4.69, 9.17) is 0 Å². The molecule has 2 aromatic carbocycles. The van der Waals surface area contributed by atoms with Crippen molar-refractivity contribution in [3.05, 3.63) is 84.2 Å². The molecule has 0 aliphatic carbocycles. The Morgan fingerprint density at radius 1 is 0.935 bits per heavy atom. The number of carbonyl (C=O) groups excluding carboxylic acids is 1. The molecule has 1 amide bonds. The van der Waals surface area contributed by atoms with Gasteiger partial charge in [-0.05, 0) is 42.2 Å². The summed E-state index contributed by atoms with van der Waals surface area (Å²) in [5.41, 5.74) is 2.79. The van der Waals surface area contributed by atoms with E-state index in [-0.39, 0.29) is 11.8 Å². The first kappa shape index (κ1) is 21.2. The van der Waals surface area contributed by atoms with Gasteiger partial charge in [-0.3, -0.25) is 9.00 Å². The molecule has 1 saturated heterocycles. The van der Waals surface area contributed by atoms with Crippen molar-refractivity contribution in [2.24, 2.45) is 5.92 Å². The molecule has 0 radical (unpaired) electrons. The van der Waals surface area contributed by atoms with Crippen molar-refractivity contribution >= 4 is 28.3 Å². The first-order valence-electron chi connectivity index (χ1n) is 10.5. The van der Waals surface area contributed by atoms with E-state index in [2.05, 4.69) is 20.2 Å². The average molecular weight is 435 g/mol. The molecule has 4 rings (SSSR count). The fraction of sp³-hybridized carbons (Fsp3) is 0.292. The monoisotopic (exact) mass is 434 g/mol. The molecule has 1 aliphatic rings. The third-order valence-electron chi connectivity index (χ3n) is 5.39. The summed E-state index contributed by atoms with van der Waals surface area (Å²) < 4.78 is 12.5. The van der Waals surface area contributed by atoms with Gasteiger partial charge in [0.1, 0.15) is 0 Å². The number of anilines is 2. The van der Waals surface area contributed by atoms with Crippen LogP contribution in [0.25, 0.3) is 0 Å². The molecule has 6 nitrogen and oxygen atoms in total. The van der Waals surface area contributed by atoms with Crippen LogP contribution >= 0.6 is 0 Å². The number of hydrogen-bond acceptors (Lipinski definition) is 5. The number of aromatic nitrogens is 2. The van der Waals surface area contributed by atoms with Gasteiger partial charge in [0, 0.05) is 59.4 Å². The van der Waals surface area contributed by atoms with E-state index in [1.54, 1.807) is 18.5 Å². The van der Waals surface area contributed by atoms with Gasteiger partial charge in [0.25, 0.3) is 0 Å². The molecule has 1 aromatic heterocycles. The van der Waals surface area contributed by atoms with Crippen molar-refractivity contribution in [3.63, 3.8) is 0 Å². The molecule has 0 saturated carbocycles. The number of piperidine rings is 1. The summed E-state index contributed by atoms with van der Waals surface area (Å²) >= 11 is 0. The zero-order chi connectivity index (χ0) is 21.5. The van der Waals surface area contributed by atoms with Crippen LogP contribution in [0.5, 0.6) is 0 Å². The van der Waals surface area contributed by atoms with Crippen LogP contribution in [0.4, 0.5) is 11.6 Å². The predicted molar refractivity (Wildman–Crippen MR) is 124 cm³/mol. The van der Waals surface area contributed by atoms with Crippen LogP contribution in [0.3, 0.4) is 0 Å². The van der Waals surface area contributed by atoms with Gasteiger partial charge in [-0.1, -0.05) is 42.5 Å². The summed E-state index contributed by atoms with van der Waals surface area (Å²) in [4.78, 5) is 23.5. The maximum Gasteiger partial charge on any atom is 0.227 e. The summed E-state index contributed by atoms with van der Waals surface area (Å²) in [7, 11) is -1.000. The molecule has 160 valence electrons. The molecule has 2 heterocycles. The number of nitrogens with zero attached hydrogens (tertiary/aromatic N) is 3.